The Morgan fingerprint density at radius 3 is 2.43 bits per heavy atom. The first kappa shape index (κ1) is 23.8. The zero-order valence-corrected chi connectivity index (χ0v) is 19.8. The normalized spacial score (nSPS) is 11.8. The Kier molecular flexibility index (Phi) is 7.02. The molecule has 3 aromatic carbocycles. The van der Waals surface area contributed by atoms with E-state index in [9.17, 15) is 13.2 Å². The average Bonchev–Trinajstić information content (AvgIpc) is 2.88. The summed E-state index contributed by atoms with van der Waals surface area (Å²) in [5.74, 6) is 0.535. The van der Waals surface area contributed by atoms with Crippen molar-refractivity contribution in [3.63, 3.8) is 0 Å². The number of rotatable bonds is 8. The Morgan fingerprint density at radius 2 is 1.74 bits per heavy atom. The highest BCUT2D eigenvalue weighted by atomic mass is 32.2. The Bertz CT molecular complexity index is 1510. The predicted octanol–water partition coefficient (Wildman–Crippen LogP) is 3.89. The van der Waals surface area contributed by atoms with Crippen LogP contribution in [-0.2, 0) is 10.0 Å². The number of methoxy groups -OCH3 is 1. The van der Waals surface area contributed by atoms with Gasteiger partial charge in [0.1, 0.15) is 11.3 Å². The molecule has 9 nitrogen and oxygen atoms in total. The molecule has 0 saturated heterocycles. The summed E-state index contributed by atoms with van der Waals surface area (Å²) in [5.41, 5.74) is 0.616. The van der Waals surface area contributed by atoms with Gasteiger partial charge in [0.2, 0.25) is 5.55 Å². The fourth-order valence-electron chi connectivity index (χ4n) is 3.28. The van der Waals surface area contributed by atoms with Crippen molar-refractivity contribution in [3.05, 3.63) is 90.0 Å². The smallest absolute Gasteiger partial charge is 0.276 e. The van der Waals surface area contributed by atoms with Crippen LogP contribution in [0.15, 0.2) is 93.3 Å². The summed E-state index contributed by atoms with van der Waals surface area (Å²) in [4.78, 5) is 15.3. The summed E-state index contributed by atoms with van der Waals surface area (Å²) < 4.78 is 41.9. The van der Waals surface area contributed by atoms with Crippen LogP contribution in [0, 0.1) is 0 Å². The van der Waals surface area contributed by atoms with E-state index in [1.165, 1.54) is 19.2 Å². The standard InChI is InChI=1S/C25H23N3O6S/c1-3-33-19-14-12-18(13-15-19)26-24(29)21-16-17-8-7-11-22(32-2)23(17)34-25(21)27-28-35(30,31)20-9-5-4-6-10-20/h4-16,28H,3H2,1-2H3,(H,26,29)/b27-25-. The third-order valence-corrected chi connectivity index (χ3v) is 6.17. The van der Waals surface area contributed by atoms with Crippen LogP contribution < -0.4 is 25.2 Å². The molecule has 0 saturated carbocycles. The molecule has 10 heteroatoms. The van der Waals surface area contributed by atoms with E-state index in [1.807, 2.05) is 6.92 Å². The summed E-state index contributed by atoms with van der Waals surface area (Å²) >= 11 is 0. The highest BCUT2D eigenvalue weighted by Gasteiger charge is 2.17. The van der Waals surface area contributed by atoms with Crippen LogP contribution in [0.2, 0.25) is 0 Å². The minimum absolute atomic E-state index is 0.0162. The molecule has 1 amide bonds. The minimum atomic E-state index is -3.99. The fraction of sp³-hybridized carbons (Fsp3) is 0.120. The van der Waals surface area contributed by atoms with Gasteiger partial charge in [0, 0.05) is 11.1 Å². The van der Waals surface area contributed by atoms with E-state index in [4.69, 9.17) is 13.9 Å². The second-order valence-corrected chi connectivity index (χ2v) is 8.94. The lowest BCUT2D eigenvalue weighted by Gasteiger charge is -2.10. The van der Waals surface area contributed by atoms with E-state index >= 15 is 0 Å². The van der Waals surface area contributed by atoms with E-state index in [0.29, 0.717) is 34.8 Å². The quantitative estimate of drug-likeness (QED) is 0.360. The van der Waals surface area contributed by atoms with Gasteiger partial charge in [-0.1, -0.05) is 30.3 Å². The minimum Gasteiger partial charge on any atom is -0.494 e. The molecule has 0 unspecified atom stereocenters. The molecular formula is C25H23N3O6S. The van der Waals surface area contributed by atoms with Gasteiger partial charge in [-0.05, 0) is 55.5 Å². The molecule has 180 valence electrons. The van der Waals surface area contributed by atoms with Crippen molar-refractivity contribution in [3.8, 4) is 11.5 Å². The summed E-state index contributed by atoms with van der Waals surface area (Å²) in [6.07, 6.45) is 0. The van der Waals surface area contributed by atoms with E-state index in [1.54, 1.807) is 66.7 Å². The van der Waals surface area contributed by atoms with E-state index < -0.39 is 15.9 Å². The van der Waals surface area contributed by atoms with E-state index in [2.05, 4.69) is 15.2 Å². The Labute approximate surface area is 202 Å². The Morgan fingerprint density at radius 1 is 1.00 bits per heavy atom. The number of amides is 1. The van der Waals surface area contributed by atoms with Crippen molar-refractivity contribution in [1.82, 2.24) is 4.83 Å². The lowest BCUT2D eigenvalue weighted by molar-refractivity contribution is 0.102. The molecule has 0 radical (unpaired) electrons. The van der Waals surface area contributed by atoms with E-state index in [-0.39, 0.29) is 16.0 Å². The number of benzene rings is 3. The Balaban J connectivity index is 1.75. The van der Waals surface area contributed by atoms with Crippen molar-refractivity contribution in [2.45, 2.75) is 11.8 Å². The summed E-state index contributed by atoms with van der Waals surface area (Å²) in [6.45, 7) is 2.41. The van der Waals surface area contributed by atoms with Crippen molar-refractivity contribution in [1.29, 1.82) is 0 Å². The first-order valence-corrected chi connectivity index (χ1v) is 12.2. The van der Waals surface area contributed by atoms with Crippen molar-refractivity contribution in [2.75, 3.05) is 19.0 Å². The van der Waals surface area contributed by atoms with Gasteiger partial charge in [0.05, 0.1) is 18.6 Å². The number of hydrogen-bond acceptors (Lipinski definition) is 7. The van der Waals surface area contributed by atoms with Crippen LogP contribution in [0.5, 0.6) is 11.5 Å². The van der Waals surface area contributed by atoms with Gasteiger partial charge in [-0.3, -0.25) is 4.79 Å². The number of anilines is 1. The Hall–Kier alpha value is -4.31. The van der Waals surface area contributed by atoms with E-state index in [0.717, 1.165) is 0 Å². The molecular weight excluding hydrogens is 470 g/mol. The lowest BCUT2D eigenvalue weighted by Crippen LogP contribution is -2.27. The number of fused-ring (bicyclic) bond motifs is 1. The molecule has 0 atom stereocenters. The molecule has 0 aliphatic carbocycles. The molecule has 35 heavy (non-hydrogen) atoms. The van der Waals surface area contributed by atoms with Crippen LogP contribution in [0.3, 0.4) is 0 Å². The number of ether oxygens (including phenoxy) is 2. The predicted molar refractivity (Wildman–Crippen MR) is 131 cm³/mol. The number of carbonyl (C=O) groups excluding carboxylic acids is 1. The molecule has 0 bridgehead atoms. The molecule has 1 aromatic heterocycles. The van der Waals surface area contributed by atoms with Crippen LogP contribution in [-0.4, -0.2) is 28.0 Å². The SMILES string of the molecule is CCOc1ccc(NC(=O)c2cc3cccc(OC)c3o/c2=N\NS(=O)(=O)c2ccccc2)cc1. The zero-order valence-electron chi connectivity index (χ0n) is 19.0. The second kappa shape index (κ2) is 10.3. The lowest BCUT2D eigenvalue weighted by atomic mass is 10.1. The molecule has 4 aromatic rings. The van der Waals surface area contributed by atoms with Gasteiger partial charge < -0.3 is 19.2 Å². The molecule has 0 aliphatic rings. The highest BCUT2D eigenvalue weighted by Crippen LogP contribution is 2.25. The molecule has 4 rings (SSSR count). The van der Waals surface area contributed by atoms with Gasteiger partial charge in [-0.2, -0.15) is 13.2 Å². The zero-order chi connectivity index (χ0) is 24.8. The molecule has 0 aliphatic heterocycles. The first-order valence-electron chi connectivity index (χ1n) is 10.7. The maximum Gasteiger partial charge on any atom is 0.276 e. The van der Waals surface area contributed by atoms with Gasteiger partial charge in [-0.25, -0.2) is 0 Å². The summed E-state index contributed by atoms with van der Waals surface area (Å²) in [6, 6.07) is 21.3. The van der Waals surface area contributed by atoms with Gasteiger partial charge in [0.25, 0.3) is 15.9 Å². The third kappa shape index (κ3) is 5.44. The second-order valence-electron chi connectivity index (χ2n) is 7.27. The van der Waals surface area contributed by atoms with Crippen LogP contribution in [0.1, 0.15) is 17.3 Å². The van der Waals surface area contributed by atoms with Gasteiger partial charge in [0.15, 0.2) is 11.3 Å². The molecule has 0 fully saturated rings. The number of hydrogen-bond donors (Lipinski definition) is 2. The maximum atomic E-state index is 13.2. The number of nitrogens with zero attached hydrogens (tertiary/aromatic N) is 1. The molecule has 1 heterocycles. The van der Waals surface area contributed by atoms with Gasteiger partial charge >= 0.3 is 0 Å². The molecule has 0 spiro atoms. The monoisotopic (exact) mass is 493 g/mol. The number of carbonyl (C=O) groups is 1. The van der Waals surface area contributed by atoms with Crippen molar-refractivity contribution >= 4 is 32.6 Å². The maximum absolute atomic E-state index is 13.2. The van der Waals surface area contributed by atoms with Crippen LogP contribution in [0.4, 0.5) is 5.69 Å². The topological polar surface area (TPSA) is 119 Å². The number of para-hydroxylation sites is 1. The fourth-order valence-corrected chi connectivity index (χ4v) is 4.11. The third-order valence-electron chi connectivity index (χ3n) is 4.95. The summed E-state index contributed by atoms with van der Waals surface area (Å²) in [5, 5.41) is 7.28. The van der Waals surface area contributed by atoms with Crippen LogP contribution >= 0.6 is 0 Å². The number of sulfonamides is 1. The number of nitrogens with one attached hydrogen (secondary N) is 2. The average molecular weight is 494 g/mol. The van der Waals surface area contributed by atoms with Crippen molar-refractivity contribution in [2.24, 2.45) is 5.10 Å². The highest BCUT2D eigenvalue weighted by molar-refractivity contribution is 7.89. The summed E-state index contributed by atoms with van der Waals surface area (Å²) in [7, 11) is -2.51. The largest absolute Gasteiger partial charge is 0.494 e. The molecule has 2 N–H and O–H groups in total. The van der Waals surface area contributed by atoms with Crippen LogP contribution in [0.25, 0.3) is 11.0 Å². The van der Waals surface area contributed by atoms with Gasteiger partial charge in [-0.15, -0.1) is 5.10 Å². The first-order chi connectivity index (χ1) is 16.9. The van der Waals surface area contributed by atoms with Crippen molar-refractivity contribution < 1.29 is 27.1 Å².